The Hall–Kier alpha value is -2.79. The Kier molecular flexibility index (Phi) is 7.44. The summed E-state index contributed by atoms with van der Waals surface area (Å²) in [6, 6.07) is 5.28. The number of carbonyl (C=O) groups excluding carboxylic acids is 1. The van der Waals surface area contributed by atoms with Crippen molar-refractivity contribution in [3.05, 3.63) is 40.6 Å². The van der Waals surface area contributed by atoms with Crippen molar-refractivity contribution >= 4 is 23.2 Å². The fourth-order valence-electron chi connectivity index (χ4n) is 2.05. The highest BCUT2D eigenvalue weighted by atomic mass is 32.1. The van der Waals surface area contributed by atoms with Gasteiger partial charge in [-0.15, -0.1) is 5.10 Å². The van der Waals surface area contributed by atoms with E-state index in [1.807, 2.05) is 0 Å². The average Bonchev–Trinajstić information content (AvgIpc) is 2.99. The molecule has 0 bridgehead atoms. The molecule has 0 aliphatic heterocycles. The number of thiocarbonyl (C=S) groups is 1. The van der Waals surface area contributed by atoms with E-state index in [1.54, 1.807) is 14.2 Å². The van der Waals surface area contributed by atoms with Gasteiger partial charge < -0.3 is 14.5 Å². The van der Waals surface area contributed by atoms with Crippen LogP contribution in [0.25, 0.3) is 11.5 Å². The summed E-state index contributed by atoms with van der Waals surface area (Å²) in [5, 5.41) is 8.55. The van der Waals surface area contributed by atoms with Gasteiger partial charge in [0, 0.05) is 32.9 Å². The second-order valence-electron chi connectivity index (χ2n) is 5.51. The standard InChI is InChI=1S/C16H20FN5O4S/c1-21(15(27)18-8-3-9-25-2)19-13(23)10-22-16(24)26-14(20-22)11-4-6-12(17)7-5-11/h4-7H,3,8-10H2,1-2H3,(H,18,27)(H,19,23). The van der Waals surface area contributed by atoms with Gasteiger partial charge in [0.1, 0.15) is 12.4 Å². The Labute approximate surface area is 160 Å². The third-order valence-electron chi connectivity index (χ3n) is 3.39. The van der Waals surface area contributed by atoms with E-state index in [1.165, 1.54) is 29.3 Å². The first-order valence-corrected chi connectivity index (χ1v) is 8.45. The van der Waals surface area contributed by atoms with Gasteiger partial charge in [-0.2, -0.15) is 4.68 Å². The van der Waals surface area contributed by atoms with Gasteiger partial charge >= 0.3 is 5.76 Å². The number of amides is 1. The number of benzene rings is 1. The summed E-state index contributed by atoms with van der Waals surface area (Å²) in [5.41, 5.74) is 2.94. The number of aromatic nitrogens is 2. The van der Waals surface area contributed by atoms with Crippen LogP contribution in [0.3, 0.4) is 0 Å². The highest BCUT2D eigenvalue weighted by Crippen LogP contribution is 2.15. The van der Waals surface area contributed by atoms with Crippen molar-refractivity contribution in [2.24, 2.45) is 0 Å². The molecule has 1 amide bonds. The number of hydrogen-bond acceptors (Lipinski definition) is 6. The lowest BCUT2D eigenvalue weighted by Gasteiger charge is -2.21. The Morgan fingerprint density at radius 1 is 1.41 bits per heavy atom. The molecular weight excluding hydrogens is 377 g/mol. The van der Waals surface area contributed by atoms with Crippen LogP contribution in [0.5, 0.6) is 0 Å². The lowest BCUT2D eigenvalue weighted by Crippen LogP contribution is -2.49. The molecule has 1 heterocycles. The summed E-state index contributed by atoms with van der Waals surface area (Å²) in [5.74, 6) is -1.74. The van der Waals surface area contributed by atoms with Gasteiger partial charge in [0.25, 0.3) is 5.91 Å². The van der Waals surface area contributed by atoms with Crippen molar-refractivity contribution < 1.29 is 18.3 Å². The Bertz CT molecular complexity index is 836. The minimum atomic E-state index is -0.799. The van der Waals surface area contributed by atoms with Crippen LogP contribution in [0.2, 0.25) is 0 Å². The van der Waals surface area contributed by atoms with Crippen molar-refractivity contribution in [3.8, 4) is 11.5 Å². The van der Waals surface area contributed by atoms with Gasteiger partial charge in [0.2, 0.25) is 5.89 Å². The number of halogens is 1. The van der Waals surface area contributed by atoms with Crippen molar-refractivity contribution in [1.29, 1.82) is 0 Å². The maximum Gasteiger partial charge on any atom is 0.437 e. The van der Waals surface area contributed by atoms with E-state index in [-0.39, 0.29) is 12.4 Å². The van der Waals surface area contributed by atoms with Crippen molar-refractivity contribution in [2.75, 3.05) is 27.3 Å². The number of ether oxygens (including phenoxy) is 1. The zero-order chi connectivity index (χ0) is 19.8. The molecule has 146 valence electrons. The first kappa shape index (κ1) is 20.5. The van der Waals surface area contributed by atoms with Gasteiger partial charge in [0.15, 0.2) is 5.11 Å². The lowest BCUT2D eigenvalue weighted by atomic mass is 10.2. The zero-order valence-corrected chi connectivity index (χ0v) is 15.7. The minimum Gasteiger partial charge on any atom is -0.388 e. The van der Waals surface area contributed by atoms with Gasteiger partial charge in [-0.25, -0.2) is 9.18 Å². The smallest absolute Gasteiger partial charge is 0.388 e. The number of hydrogen-bond donors (Lipinski definition) is 2. The third kappa shape index (κ3) is 6.15. The molecule has 27 heavy (non-hydrogen) atoms. The average molecular weight is 397 g/mol. The maximum absolute atomic E-state index is 13.0. The molecule has 0 aliphatic rings. The number of rotatable bonds is 7. The maximum atomic E-state index is 13.0. The first-order chi connectivity index (χ1) is 12.9. The van der Waals surface area contributed by atoms with E-state index in [4.69, 9.17) is 21.4 Å². The van der Waals surface area contributed by atoms with E-state index in [0.29, 0.717) is 23.8 Å². The number of hydrazine groups is 1. The van der Waals surface area contributed by atoms with Gasteiger partial charge in [0.05, 0.1) is 0 Å². The molecule has 1 aromatic heterocycles. The van der Waals surface area contributed by atoms with Gasteiger partial charge in [-0.1, -0.05) is 0 Å². The van der Waals surface area contributed by atoms with Crippen LogP contribution in [-0.2, 0) is 16.1 Å². The lowest BCUT2D eigenvalue weighted by molar-refractivity contribution is -0.124. The van der Waals surface area contributed by atoms with E-state index in [9.17, 15) is 14.0 Å². The zero-order valence-electron chi connectivity index (χ0n) is 14.9. The largest absolute Gasteiger partial charge is 0.437 e. The van der Waals surface area contributed by atoms with Crippen molar-refractivity contribution in [2.45, 2.75) is 13.0 Å². The molecule has 0 atom stereocenters. The first-order valence-electron chi connectivity index (χ1n) is 8.04. The van der Waals surface area contributed by atoms with Gasteiger partial charge in [-0.3, -0.25) is 15.2 Å². The summed E-state index contributed by atoms with van der Waals surface area (Å²) in [7, 11) is 3.18. The third-order valence-corrected chi connectivity index (χ3v) is 3.81. The van der Waals surface area contributed by atoms with Crippen LogP contribution in [0.1, 0.15) is 6.42 Å². The second-order valence-corrected chi connectivity index (χ2v) is 5.90. The van der Waals surface area contributed by atoms with Crippen LogP contribution in [-0.4, -0.2) is 53.1 Å². The molecule has 1 aromatic carbocycles. The molecule has 0 saturated heterocycles. The summed E-state index contributed by atoms with van der Waals surface area (Å²) in [6.07, 6.45) is 0.763. The molecule has 2 N–H and O–H groups in total. The Morgan fingerprint density at radius 3 is 2.78 bits per heavy atom. The molecule has 0 spiro atoms. The summed E-state index contributed by atoms with van der Waals surface area (Å²) >= 11 is 5.14. The molecule has 0 unspecified atom stereocenters. The SMILES string of the molecule is COCCCNC(=S)N(C)NC(=O)Cn1nc(-c2ccc(F)cc2)oc1=O. The van der Waals surface area contributed by atoms with E-state index < -0.39 is 17.5 Å². The molecule has 9 nitrogen and oxygen atoms in total. The molecule has 0 fully saturated rings. The van der Waals surface area contributed by atoms with E-state index >= 15 is 0 Å². The van der Waals surface area contributed by atoms with Crippen LogP contribution < -0.4 is 16.5 Å². The number of methoxy groups -OCH3 is 1. The van der Waals surface area contributed by atoms with Crippen molar-refractivity contribution in [1.82, 2.24) is 25.5 Å². The summed E-state index contributed by atoms with van der Waals surface area (Å²) < 4.78 is 23.8. The normalized spacial score (nSPS) is 10.5. The predicted molar refractivity (Wildman–Crippen MR) is 99.2 cm³/mol. The molecule has 11 heteroatoms. The van der Waals surface area contributed by atoms with Crippen molar-refractivity contribution in [3.63, 3.8) is 0 Å². The monoisotopic (exact) mass is 397 g/mol. The molecule has 2 aromatic rings. The molecule has 0 radical (unpaired) electrons. The van der Waals surface area contributed by atoms with Gasteiger partial charge in [-0.05, 0) is 42.9 Å². The highest BCUT2D eigenvalue weighted by Gasteiger charge is 2.15. The number of carbonyl (C=O) groups is 1. The molecule has 0 aliphatic carbocycles. The van der Waals surface area contributed by atoms with Crippen LogP contribution in [0.4, 0.5) is 4.39 Å². The van der Waals surface area contributed by atoms with Crippen LogP contribution in [0.15, 0.2) is 33.5 Å². The van der Waals surface area contributed by atoms with Crippen LogP contribution in [0, 0.1) is 5.82 Å². The second kappa shape index (κ2) is 9.78. The summed E-state index contributed by atoms with van der Waals surface area (Å²) in [6.45, 7) is 0.827. The fourth-order valence-corrected chi connectivity index (χ4v) is 2.20. The predicted octanol–water partition coefficient (Wildman–Crippen LogP) is 0.516. The van der Waals surface area contributed by atoms with E-state index in [2.05, 4.69) is 15.8 Å². The Morgan fingerprint density at radius 2 is 2.11 bits per heavy atom. The molecule has 2 rings (SSSR count). The number of nitrogens with zero attached hydrogens (tertiary/aromatic N) is 3. The molecule has 0 saturated carbocycles. The molecular formula is C16H20FN5O4S. The van der Waals surface area contributed by atoms with Crippen LogP contribution >= 0.6 is 12.2 Å². The quantitative estimate of drug-likeness (QED) is 0.396. The fraction of sp³-hybridized carbons (Fsp3) is 0.375. The number of nitrogens with one attached hydrogen (secondary N) is 2. The minimum absolute atomic E-state index is 0.00325. The summed E-state index contributed by atoms with van der Waals surface area (Å²) in [4.78, 5) is 23.9. The van der Waals surface area contributed by atoms with E-state index in [0.717, 1.165) is 11.1 Å². The highest BCUT2D eigenvalue weighted by molar-refractivity contribution is 7.80. The Balaban J connectivity index is 1.91. The topological polar surface area (TPSA) is 102 Å².